The minimum Gasteiger partial charge on any atom is -0.489 e. The highest BCUT2D eigenvalue weighted by molar-refractivity contribution is 5.86. The minimum absolute atomic E-state index is 0.673. The Balaban J connectivity index is 1.59. The molecule has 0 saturated carbocycles. The van der Waals surface area contributed by atoms with E-state index < -0.39 is 0 Å². The Morgan fingerprint density at radius 2 is 2.04 bits per heavy atom. The Kier molecular flexibility index (Phi) is 3.44. The number of benzene rings is 1. The van der Waals surface area contributed by atoms with E-state index in [-0.39, 0.29) is 0 Å². The zero-order chi connectivity index (χ0) is 16.6. The first-order valence-electron chi connectivity index (χ1n) is 8.82. The van der Waals surface area contributed by atoms with E-state index in [1.54, 1.807) is 6.20 Å². The number of aryl methyl sites for hydroxylation is 2. The fourth-order valence-electron chi connectivity index (χ4n) is 3.70. The molecule has 0 bridgehead atoms. The molecule has 0 radical (unpaired) electrons. The first-order valence-corrected chi connectivity index (χ1v) is 8.82. The van der Waals surface area contributed by atoms with E-state index in [0.29, 0.717) is 6.61 Å². The quantitative estimate of drug-likeness (QED) is 0.765. The monoisotopic (exact) mass is 333 g/mol. The minimum atomic E-state index is 0.673. The molecule has 5 heteroatoms. The van der Waals surface area contributed by atoms with Crippen LogP contribution in [0, 0.1) is 0 Å². The van der Waals surface area contributed by atoms with Crippen molar-refractivity contribution in [2.24, 2.45) is 0 Å². The molecule has 1 aromatic carbocycles. The summed E-state index contributed by atoms with van der Waals surface area (Å²) in [6.45, 7) is 1.51. The molecule has 0 spiro atoms. The Morgan fingerprint density at radius 1 is 1.08 bits per heavy atom. The van der Waals surface area contributed by atoms with Crippen LogP contribution >= 0.6 is 0 Å². The third-order valence-electron chi connectivity index (χ3n) is 4.90. The maximum Gasteiger partial charge on any atom is 0.163 e. The van der Waals surface area contributed by atoms with Gasteiger partial charge in [-0.3, -0.25) is 0 Å². The zero-order valence-corrected chi connectivity index (χ0v) is 13.9. The summed E-state index contributed by atoms with van der Waals surface area (Å²) >= 11 is 0. The molecule has 0 atom stereocenters. The van der Waals surface area contributed by atoms with Crippen LogP contribution in [0.3, 0.4) is 0 Å². The van der Waals surface area contributed by atoms with Crippen LogP contribution in [0.1, 0.15) is 24.0 Å². The summed E-state index contributed by atoms with van der Waals surface area (Å²) in [6, 6.07) is 7.84. The van der Waals surface area contributed by atoms with Gasteiger partial charge >= 0.3 is 0 Å². The number of fused-ring (bicyclic) bond motifs is 4. The second-order valence-corrected chi connectivity index (χ2v) is 6.51. The summed E-state index contributed by atoms with van der Waals surface area (Å²) in [5.41, 5.74) is 4.44. The maximum absolute atomic E-state index is 6.24. The van der Waals surface area contributed by atoms with Crippen LogP contribution in [-0.2, 0) is 12.8 Å². The van der Waals surface area contributed by atoms with Gasteiger partial charge in [0.05, 0.1) is 11.1 Å². The number of anilines is 1. The van der Waals surface area contributed by atoms with Crippen molar-refractivity contribution < 1.29 is 9.47 Å². The Bertz CT molecular complexity index is 955. The average Bonchev–Trinajstić information content (AvgIpc) is 2.68. The highest BCUT2D eigenvalue weighted by Gasteiger charge is 2.18. The summed E-state index contributed by atoms with van der Waals surface area (Å²) in [6.07, 6.45) is 8.32. The number of rotatable bonds is 2. The van der Waals surface area contributed by atoms with E-state index in [0.717, 1.165) is 53.4 Å². The SMILES string of the molecule is c1cc(Oc2ccc3c(c2)OCCN3)c2c3c(cnc2n1)CCCC3. The molecule has 3 heterocycles. The van der Waals surface area contributed by atoms with Crippen molar-refractivity contribution in [1.29, 1.82) is 0 Å². The van der Waals surface area contributed by atoms with E-state index in [1.165, 1.54) is 24.0 Å². The topological polar surface area (TPSA) is 56.3 Å². The lowest BCUT2D eigenvalue weighted by atomic mass is 9.91. The molecular formula is C20H19N3O2. The molecule has 126 valence electrons. The zero-order valence-electron chi connectivity index (χ0n) is 13.9. The third kappa shape index (κ3) is 2.56. The van der Waals surface area contributed by atoms with Crippen LogP contribution < -0.4 is 14.8 Å². The van der Waals surface area contributed by atoms with Crippen molar-refractivity contribution in [2.75, 3.05) is 18.5 Å². The summed E-state index contributed by atoms with van der Waals surface area (Å²) in [7, 11) is 0. The maximum atomic E-state index is 6.24. The number of pyridine rings is 2. The fraction of sp³-hybridized carbons (Fsp3) is 0.300. The van der Waals surface area contributed by atoms with Crippen molar-refractivity contribution in [3.8, 4) is 17.2 Å². The van der Waals surface area contributed by atoms with Gasteiger partial charge in [0.15, 0.2) is 5.65 Å². The van der Waals surface area contributed by atoms with Crippen molar-refractivity contribution in [2.45, 2.75) is 25.7 Å². The summed E-state index contributed by atoms with van der Waals surface area (Å²) in [5, 5.41) is 4.38. The molecule has 3 aromatic rings. The molecule has 5 rings (SSSR count). The van der Waals surface area contributed by atoms with Gasteiger partial charge in [0.2, 0.25) is 0 Å². The Morgan fingerprint density at radius 3 is 3.04 bits per heavy atom. The van der Waals surface area contributed by atoms with E-state index in [1.807, 2.05) is 30.5 Å². The number of ether oxygens (including phenoxy) is 2. The van der Waals surface area contributed by atoms with Crippen molar-refractivity contribution in [3.05, 3.63) is 47.8 Å². The van der Waals surface area contributed by atoms with Gasteiger partial charge in [-0.15, -0.1) is 0 Å². The summed E-state index contributed by atoms with van der Waals surface area (Å²) in [4.78, 5) is 8.98. The van der Waals surface area contributed by atoms with Crippen LogP contribution in [0.5, 0.6) is 17.2 Å². The highest BCUT2D eigenvalue weighted by Crippen LogP contribution is 2.37. The predicted octanol–water partition coefficient (Wildman–Crippen LogP) is 4.11. The van der Waals surface area contributed by atoms with Crippen LogP contribution in [0.25, 0.3) is 11.0 Å². The van der Waals surface area contributed by atoms with Gasteiger partial charge in [0.25, 0.3) is 0 Å². The van der Waals surface area contributed by atoms with Gasteiger partial charge < -0.3 is 14.8 Å². The third-order valence-corrected chi connectivity index (χ3v) is 4.90. The lowest BCUT2D eigenvalue weighted by molar-refractivity contribution is 0.321. The first-order chi connectivity index (χ1) is 12.4. The van der Waals surface area contributed by atoms with Crippen molar-refractivity contribution in [3.63, 3.8) is 0 Å². The van der Waals surface area contributed by atoms with E-state index in [4.69, 9.17) is 9.47 Å². The van der Waals surface area contributed by atoms with Gasteiger partial charge in [0, 0.05) is 25.0 Å². The number of aromatic nitrogens is 2. The lowest BCUT2D eigenvalue weighted by Gasteiger charge is -2.21. The normalized spacial score (nSPS) is 15.7. The van der Waals surface area contributed by atoms with Crippen LogP contribution in [0.4, 0.5) is 5.69 Å². The van der Waals surface area contributed by atoms with Crippen LogP contribution in [0.2, 0.25) is 0 Å². The Labute approximate surface area is 146 Å². The van der Waals surface area contributed by atoms with Crippen molar-refractivity contribution >= 4 is 16.7 Å². The largest absolute Gasteiger partial charge is 0.489 e. The number of nitrogens with zero attached hydrogens (tertiary/aromatic N) is 2. The second kappa shape index (κ2) is 5.92. The standard InChI is InChI=1S/C20H19N3O2/c1-2-4-15-13(3-1)12-23-20-19(15)17(7-8-22-20)25-14-5-6-16-18(11-14)24-10-9-21-16/h5-8,11-12,21H,1-4,9-10H2. The summed E-state index contributed by atoms with van der Waals surface area (Å²) < 4.78 is 11.9. The molecule has 0 amide bonds. The van der Waals surface area contributed by atoms with Gasteiger partial charge in [-0.1, -0.05) is 0 Å². The van der Waals surface area contributed by atoms with E-state index in [9.17, 15) is 0 Å². The molecule has 0 saturated heterocycles. The molecule has 1 aliphatic carbocycles. The van der Waals surface area contributed by atoms with E-state index >= 15 is 0 Å². The molecule has 25 heavy (non-hydrogen) atoms. The van der Waals surface area contributed by atoms with Gasteiger partial charge in [0.1, 0.15) is 23.9 Å². The predicted molar refractivity (Wildman–Crippen MR) is 96.7 cm³/mol. The van der Waals surface area contributed by atoms with Gasteiger partial charge in [-0.2, -0.15) is 0 Å². The lowest BCUT2D eigenvalue weighted by Crippen LogP contribution is -2.17. The summed E-state index contributed by atoms with van der Waals surface area (Å²) in [5.74, 6) is 2.42. The van der Waals surface area contributed by atoms with Crippen molar-refractivity contribution in [1.82, 2.24) is 9.97 Å². The molecule has 1 N–H and O–H groups in total. The average molecular weight is 333 g/mol. The Hall–Kier alpha value is -2.82. The first kappa shape index (κ1) is 14.5. The van der Waals surface area contributed by atoms with Gasteiger partial charge in [-0.05, 0) is 55.0 Å². The van der Waals surface area contributed by atoms with Gasteiger partial charge in [-0.25, -0.2) is 9.97 Å². The smallest absolute Gasteiger partial charge is 0.163 e. The molecular weight excluding hydrogens is 314 g/mol. The molecule has 0 unspecified atom stereocenters. The molecule has 1 aliphatic heterocycles. The second-order valence-electron chi connectivity index (χ2n) is 6.51. The number of hydrogen-bond donors (Lipinski definition) is 1. The highest BCUT2D eigenvalue weighted by atomic mass is 16.5. The molecule has 5 nitrogen and oxygen atoms in total. The van der Waals surface area contributed by atoms with E-state index in [2.05, 4.69) is 15.3 Å². The molecule has 2 aromatic heterocycles. The molecule has 0 fully saturated rings. The number of hydrogen-bond acceptors (Lipinski definition) is 5. The van der Waals surface area contributed by atoms with Crippen LogP contribution in [-0.4, -0.2) is 23.1 Å². The fourth-order valence-corrected chi connectivity index (χ4v) is 3.70. The number of nitrogens with one attached hydrogen (secondary N) is 1. The molecule has 2 aliphatic rings. The van der Waals surface area contributed by atoms with Crippen LogP contribution in [0.15, 0.2) is 36.7 Å².